The zero-order valence-electron chi connectivity index (χ0n) is 17.5. The van der Waals surface area contributed by atoms with Gasteiger partial charge in [-0.2, -0.15) is 26.3 Å². The van der Waals surface area contributed by atoms with Gasteiger partial charge in [-0.15, -0.1) is 0 Å². The van der Waals surface area contributed by atoms with Crippen LogP contribution in [0.3, 0.4) is 0 Å². The maximum absolute atomic E-state index is 13.8. The Hall–Kier alpha value is -0.556. The van der Waals surface area contributed by atoms with E-state index in [0.717, 1.165) is 0 Å². The largest absolute Gasteiger partial charge is 0.516 e. The lowest BCUT2D eigenvalue weighted by Gasteiger charge is -2.46. The molecule has 0 aromatic rings. The van der Waals surface area contributed by atoms with E-state index in [0.29, 0.717) is 0 Å². The summed E-state index contributed by atoms with van der Waals surface area (Å²) in [6.07, 6.45) is -12.1. The summed E-state index contributed by atoms with van der Waals surface area (Å²) >= 11 is 0. The lowest BCUT2D eigenvalue weighted by atomic mass is 10.0. The minimum absolute atomic E-state index is 0.775. The number of rotatable bonds is 4. The van der Waals surface area contributed by atoms with E-state index < -0.39 is 50.6 Å². The van der Waals surface area contributed by atoms with E-state index in [1.54, 1.807) is 20.8 Å². The Labute approximate surface area is 159 Å². The first-order valence-corrected chi connectivity index (χ1v) is 14.2. The molecule has 0 aromatic heterocycles. The molecule has 0 saturated heterocycles. The van der Waals surface area contributed by atoms with Gasteiger partial charge in [-0.1, -0.05) is 41.5 Å². The summed E-state index contributed by atoms with van der Waals surface area (Å²) in [7, 11) is -6.94. The lowest BCUT2D eigenvalue weighted by Crippen LogP contribution is -2.70. The van der Waals surface area contributed by atoms with Crippen molar-refractivity contribution in [2.45, 2.75) is 95.8 Å². The first-order valence-electron chi connectivity index (χ1n) is 8.40. The third kappa shape index (κ3) is 5.08. The zero-order chi connectivity index (χ0) is 22.5. The molecule has 0 N–H and O–H groups in total. The highest BCUT2D eigenvalue weighted by atomic mass is 28.4. The van der Waals surface area contributed by atoms with Crippen molar-refractivity contribution >= 4 is 22.6 Å². The standard InChI is InChI=1S/C16H30F6O3Si2/c1-12(2,3)26(7,8)24-11(23)14(15(17,18)19,16(20,21)22)25-27(9,10)13(4,5)6/h1-10H3. The molecule has 0 fully saturated rings. The van der Waals surface area contributed by atoms with E-state index in [-0.39, 0.29) is 0 Å². The summed E-state index contributed by atoms with van der Waals surface area (Å²) in [5.74, 6) is -2.43. The second kappa shape index (κ2) is 7.05. The van der Waals surface area contributed by atoms with Crippen molar-refractivity contribution in [3.05, 3.63) is 0 Å². The topological polar surface area (TPSA) is 35.5 Å². The minimum Gasteiger partial charge on any atom is -0.516 e. The number of carbonyl (C=O) groups is 1. The number of hydrogen-bond donors (Lipinski definition) is 0. The molecule has 0 aliphatic heterocycles. The van der Waals surface area contributed by atoms with Gasteiger partial charge in [0.05, 0.1) is 0 Å². The first kappa shape index (κ1) is 26.4. The molecule has 0 amide bonds. The van der Waals surface area contributed by atoms with Gasteiger partial charge in [0.1, 0.15) is 0 Å². The molecule has 27 heavy (non-hydrogen) atoms. The summed E-state index contributed by atoms with van der Waals surface area (Å²) in [5, 5.41) is -1.77. The van der Waals surface area contributed by atoms with Crippen molar-refractivity contribution in [2.24, 2.45) is 0 Å². The van der Waals surface area contributed by atoms with Gasteiger partial charge in [0.15, 0.2) is 8.32 Å². The quantitative estimate of drug-likeness (QED) is 0.374. The van der Waals surface area contributed by atoms with Crippen LogP contribution in [0.5, 0.6) is 0 Å². The number of carbonyl (C=O) groups excluding carboxylic acids is 1. The van der Waals surface area contributed by atoms with Crippen LogP contribution in [0, 0.1) is 0 Å². The molecular formula is C16H30F6O3Si2. The summed E-state index contributed by atoms with van der Waals surface area (Å²) in [6.45, 7) is 14.5. The van der Waals surface area contributed by atoms with Crippen LogP contribution in [0.25, 0.3) is 0 Å². The molecule has 0 heterocycles. The number of hydrogen-bond acceptors (Lipinski definition) is 3. The van der Waals surface area contributed by atoms with Gasteiger partial charge >= 0.3 is 23.9 Å². The van der Waals surface area contributed by atoms with Crippen LogP contribution in [0.4, 0.5) is 26.3 Å². The van der Waals surface area contributed by atoms with Gasteiger partial charge in [-0.25, -0.2) is 4.79 Å². The third-order valence-electron chi connectivity index (χ3n) is 5.45. The maximum Gasteiger partial charge on any atom is 0.436 e. The van der Waals surface area contributed by atoms with Gasteiger partial charge in [0, 0.05) is 0 Å². The Morgan fingerprint density at radius 1 is 0.667 bits per heavy atom. The van der Waals surface area contributed by atoms with Crippen LogP contribution >= 0.6 is 0 Å². The Morgan fingerprint density at radius 2 is 0.963 bits per heavy atom. The number of halogens is 6. The molecule has 0 spiro atoms. The van der Waals surface area contributed by atoms with Gasteiger partial charge in [-0.05, 0) is 36.3 Å². The fourth-order valence-electron chi connectivity index (χ4n) is 1.54. The van der Waals surface area contributed by atoms with Gasteiger partial charge < -0.3 is 8.85 Å². The Kier molecular flexibility index (Phi) is 6.90. The highest BCUT2D eigenvalue weighted by Gasteiger charge is 2.80. The normalized spacial score (nSPS) is 15.7. The molecule has 0 radical (unpaired) electrons. The summed E-state index contributed by atoms with van der Waals surface area (Å²) in [4.78, 5) is 12.5. The average molecular weight is 441 g/mol. The Morgan fingerprint density at radius 3 is 1.19 bits per heavy atom. The molecule has 0 aliphatic rings. The zero-order valence-corrected chi connectivity index (χ0v) is 19.5. The predicted octanol–water partition coefficient (Wildman–Crippen LogP) is 6.42. The van der Waals surface area contributed by atoms with Gasteiger partial charge in [0.2, 0.25) is 0 Å². The molecule has 0 rings (SSSR count). The van der Waals surface area contributed by atoms with Crippen molar-refractivity contribution in [2.75, 3.05) is 0 Å². The maximum atomic E-state index is 13.8. The third-order valence-corrected chi connectivity index (χ3v) is 14.2. The van der Waals surface area contributed by atoms with Crippen molar-refractivity contribution in [1.29, 1.82) is 0 Å². The van der Waals surface area contributed by atoms with E-state index in [2.05, 4.69) is 0 Å². The van der Waals surface area contributed by atoms with E-state index in [1.165, 1.54) is 47.0 Å². The van der Waals surface area contributed by atoms with Gasteiger partial charge in [0.25, 0.3) is 8.32 Å². The van der Waals surface area contributed by atoms with Crippen LogP contribution in [-0.2, 0) is 13.6 Å². The molecule has 0 unspecified atom stereocenters. The highest BCUT2D eigenvalue weighted by molar-refractivity contribution is 6.76. The summed E-state index contributed by atoms with van der Waals surface area (Å²) < 4.78 is 92.5. The second-order valence-electron chi connectivity index (χ2n) is 9.69. The fourth-order valence-corrected chi connectivity index (χ4v) is 3.84. The molecular weight excluding hydrogens is 410 g/mol. The smallest absolute Gasteiger partial charge is 0.436 e. The number of alkyl halides is 6. The highest BCUT2D eigenvalue weighted by Crippen LogP contribution is 2.52. The predicted molar refractivity (Wildman–Crippen MR) is 96.4 cm³/mol. The van der Waals surface area contributed by atoms with Gasteiger partial charge in [-0.3, -0.25) is 0 Å². The second-order valence-corrected chi connectivity index (χ2v) is 19.1. The Balaban J connectivity index is 6.60. The van der Waals surface area contributed by atoms with Crippen molar-refractivity contribution in [3.63, 3.8) is 0 Å². The fraction of sp³-hybridized carbons (Fsp3) is 0.938. The van der Waals surface area contributed by atoms with Crippen molar-refractivity contribution < 1.29 is 40.0 Å². The lowest BCUT2D eigenvalue weighted by molar-refractivity contribution is -0.348. The average Bonchev–Trinajstić information content (AvgIpc) is 2.28. The molecule has 0 aliphatic carbocycles. The summed E-state index contributed by atoms with van der Waals surface area (Å²) in [6, 6.07) is 0. The monoisotopic (exact) mass is 440 g/mol. The van der Waals surface area contributed by atoms with Crippen LogP contribution < -0.4 is 0 Å². The first-order chi connectivity index (χ1) is 11.3. The molecule has 3 nitrogen and oxygen atoms in total. The molecule has 162 valence electrons. The van der Waals surface area contributed by atoms with E-state index >= 15 is 0 Å². The van der Waals surface area contributed by atoms with Crippen molar-refractivity contribution in [1.82, 2.24) is 0 Å². The van der Waals surface area contributed by atoms with Crippen molar-refractivity contribution in [3.8, 4) is 0 Å². The minimum atomic E-state index is -6.03. The SMILES string of the molecule is CC(C)(C)[Si](C)(C)OC(=O)C(O[Si](C)(C)C(C)(C)C)(C(F)(F)F)C(F)(F)F. The molecule has 0 atom stereocenters. The Bertz CT molecular complexity index is 540. The van der Waals surface area contributed by atoms with Crippen LogP contribution in [-0.4, -0.2) is 40.6 Å². The van der Waals surface area contributed by atoms with E-state index in [1.807, 2.05) is 0 Å². The van der Waals surface area contributed by atoms with Crippen LogP contribution in [0.2, 0.25) is 36.3 Å². The van der Waals surface area contributed by atoms with E-state index in [4.69, 9.17) is 8.85 Å². The molecule has 11 heteroatoms. The van der Waals surface area contributed by atoms with E-state index in [9.17, 15) is 31.1 Å². The molecule has 0 bridgehead atoms. The molecule has 0 aromatic carbocycles. The summed E-state index contributed by atoms with van der Waals surface area (Å²) in [5.41, 5.74) is -5.02. The van der Waals surface area contributed by atoms with Crippen LogP contribution in [0.15, 0.2) is 0 Å². The van der Waals surface area contributed by atoms with Crippen LogP contribution in [0.1, 0.15) is 41.5 Å². The molecule has 0 saturated carbocycles.